The second kappa shape index (κ2) is 5.75. The average molecular weight is 208 g/mol. The number of hydrogen-bond acceptors (Lipinski definition) is 2. The zero-order chi connectivity index (χ0) is 11.3. The minimum Gasteiger partial charge on any atom is -0.352 e. The predicted molar refractivity (Wildman–Crippen MR) is 59.0 cm³/mol. The molecule has 15 heavy (non-hydrogen) atoms. The van der Waals surface area contributed by atoms with Gasteiger partial charge >= 0.3 is 0 Å². The third-order valence-corrected chi connectivity index (χ3v) is 3.26. The minimum absolute atomic E-state index is 0.0111. The van der Waals surface area contributed by atoms with E-state index in [9.17, 15) is 4.79 Å². The Bertz CT molecular complexity index is 255. The molecule has 0 aromatic carbocycles. The Labute approximate surface area is 91.9 Å². The molecule has 0 saturated heterocycles. The van der Waals surface area contributed by atoms with Gasteiger partial charge in [0.2, 0.25) is 5.91 Å². The van der Waals surface area contributed by atoms with Gasteiger partial charge in [-0.05, 0) is 24.7 Å². The van der Waals surface area contributed by atoms with Crippen LogP contribution in [0, 0.1) is 23.2 Å². The molecule has 1 N–H and O–H groups in total. The van der Waals surface area contributed by atoms with Crippen molar-refractivity contribution < 1.29 is 4.79 Å². The molecule has 0 unspecified atom stereocenters. The highest BCUT2D eigenvalue weighted by molar-refractivity contribution is 5.78. The summed E-state index contributed by atoms with van der Waals surface area (Å²) in [5, 5.41) is 11.3. The SMILES string of the molecule is CC(C)[C@@H]1CCC[C@@H](NC(=O)CC#N)C1. The smallest absolute Gasteiger partial charge is 0.234 e. The second-order valence-electron chi connectivity index (χ2n) is 4.77. The highest BCUT2D eigenvalue weighted by Crippen LogP contribution is 2.29. The lowest BCUT2D eigenvalue weighted by Crippen LogP contribution is -2.39. The van der Waals surface area contributed by atoms with E-state index in [1.54, 1.807) is 0 Å². The van der Waals surface area contributed by atoms with Gasteiger partial charge < -0.3 is 5.32 Å². The molecular formula is C12H20N2O. The molecule has 2 atom stereocenters. The second-order valence-corrected chi connectivity index (χ2v) is 4.77. The van der Waals surface area contributed by atoms with E-state index in [1.165, 1.54) is 12.8 Å². The van der Waals surface area contributed by atoms with Gasteiger partial charge in [0.15, 0.2) is 0 Å². The number of nitrogens with one attached hydrogen (secondary N) is 1. The van der Waals surface area contributed by atoms with E-state index in [-0.39, 0.29) is 12.3 Å². The molecule has 1 amide bonds. The van der Waals surface area contributed by atoms with Gasteiger partial charge in [-0.2, -0.15) is 5.26 Å². The molecule has 1 aliphatic carbocycles. The van der Waals surface area contributed by atoms with Crippen LogP contribution in [0.4, 0.5) is 0 Å². The molecule has 1 rings (SSSR count). The van der Waals surface area contributed by atoms with Crippen molar-refractivity contribution in [3.8, 4) is 6.07 Å². The van der Waals surface area contributed by atoms with Crippen LogP contribution in [0.2, 0.25) is 0 Å². The van der Waals surface area contributed by atoms with Gasteiger partial charge in [0.05, 0.1) is 6.07 Å². The van der Waals surface area contributed by atoms with Crippen LogP contribution in [-0.4, -0.2) is 11.9 Å². The van der Waals surface area contributed by atoms with Crippen molar-refractivity contribution in [2.75, 3.05) is 0 Å². The molecule has 0 spiro atoms. The fraction of sp³-hybridized carbons (Fsp3) is 0.833. The van der Waals surface area contributed by atoms with E-state index in [2.05, 4.69) is 19.2 Å². The summed E-state index contributed by atoms with van der Waals surface area (Å²) in [5.41, 5.74) is 0. The van der Waals surface area contributed by atoms with Gasteiger partial charge in [0, 0.05) is 6.04 Å². The Balaban J connectivity index is 2.37. The molecular weight excluding hydrogens is 188 g/mol. The molecule has 0 aromatic heterocycles. The lowest BCUT2D eigenvalue weighted by molar-refractivity contribution is -0.121. The first-order chi connectivity index (χ1) is 7.13. The van der Waals surface area contributed by atoms with Gasteiger partial charge in [0.25, 0.3) is 0 Å². The number of nitrogens with zero attached hydrogens (tertiary/aromatic N) is 1. The summed E-state index contributed by atoms with van der Waals surface area (Å²) in [6.45, 7) is 4.48. The number of hydrogen-bond donors (Lipinski definition) is 1. The highest BCUT2D eigenvalue weighted by Gasteiger charge is 2.24. The van der Waals surface area contributed by atoms with E-state index < -0.39 is 0 Å². The maximum absolute atomic E-state index is 11.3. The summed E-state index contributed by atoms with van der Waals surface area (Å²) in [5.74, 6) is 1.30. The van der Waals surface area contributed by atoms with Crippen molar-refractivity contribution in [3.63, 3.8) is 0 Å². The van der Waals surface area contributed by atoms with Gasteiger partial charge in [-0.1, -0.05) is 26.7 Å². The molecule has 3 heteroatoms. The fourth-order valence-corrected chi connectivity index (χ4v) is 2.31. The van der Waals surface area contributed by atoms with Crippen molar-refractivity contribution in [1.29, 1.82) is 5.26 Å². The number of amides is 1. The summed E-state index contributed by atoms with van der Waals surface area (Å²) in [4.78, 5) is 11.3. The van der Waals surface area contributed by atoms with Crippen molar-refractivity contribution in [2.45, 2.75) is 52.0 Å². The first kappa shape index (κ1) is 12.0. The van der Waals surface area contributed by atoms with Crippen LogP contribution in [0.3, 0.4) is 0 Å². The summed E-state index contributed by atoms with van der Waals surface area (Å²) in [6, 6.07) is 2.18. The number of carbonyl (C=O) groups excluding carboxylic acids is 1. The molecule has 0 heterocycles. The predicted octanol–water partition coefficient (Wildman–Crippen LogP) is 2.23. The van der Waals surface area contributed by atoms with Crippen LogP contribution in [0.15, 0.2) is 0 Å². The molecule has 1 saturated carbocycles. The normalized spacial score (nSPS) is 26.0. The van der Waals surface area contributed by atoms with E-state index in [1.807, 2.05) is 6.07 Å². The molecule has 84 valence electrons. The lowest BCUT2D eigenvalue weighted by atomic mass is 9.79. The standard InChI is InChI=1S/C12H20N2O/c1-9(2)10-4-3-5-11(8-10)14-12(15)6-7-13/h9-11H,3-6,8H2,1-2H3,(H,14,15)/t10-,11-/m1/s1. The van der Waals surface area contributed by atoms with Crippen molar-refractivity contribution in [3.05, 3.63) is 0 Å². The molecule has 3 nitrogen and oxygen atoms in total. The summed E-state index contributed by atoms with van der Waals surface area (Å²) in [7, 11) is 0. The highest BCUT2D eigenvalue weighted by atomic mass is 16.1. The van der Waals surface area contributed by atoms with Crippen molar-refractivity contribution in [2.24, 2.45) is 11.8 Å². The summed E-state index contributed by atoms with van der Waals surface area (Å²) in [6.07, 6.45) is 4.61. The Morgan fingerprint density at radius 3 is 2.87 bits per heavy atom. The monoisotopic (exact) mass is 208 g/mol. The Kier molecular flexibility index (Phi) is 4.61. The summed E-state index contributed by atoms with van der Waals surface area (Å²) < 4.78 is 0. The van der Waals surface area contributed by atoms with Crippen molar-refractivity contribution in [1.82, 2.24) is 5.32 Å². The molecule has 1 aliphatic rings. The number of rotatable bonds is 3. The Morgan fingerprint density at radius 2 is 2.27 bits per heavy atom. The maximum Gasteiger partial charge on any atom is 0.234 e. The van der Waals surface area contributed by atoms with Crippen LogP contribution in [-0.2, 0) is 4.79 Å². The minimum atomic E-state index is -0.119. The van der Waals surface area contributed by atoms with Crippen LogP contribution < -0.4 is 5.32 Å². The Hall–Kier alpha value is -1.04. The van der Waals surface area contributed by atoms with Gasteiger partial charge in [-0.25, -0.2) is 0 Å². The first-order valence-corrected chi connectivity index (χ1v) is 5.79. The average Bonchev–Trinajstić information content (AvgIpc) is 2.18. The van der Waals surface area contributed by atoms with Gasteiger partial charge in [-0.3, -0.25) is 4.79 Å². The Morgan fingerprint density at radius 1 is 1.53 bits per heavy atom. The van der Waals surface area contributed by atoms with E-state index in [0.29, 0.717) is 12.0 Å². The summed E-state index contributed by atoms with van der Waals surface area (Å²) >= 11 is 0. The molecule has 0 aliphatic heterocycles. The van der Waals surface area contributed by atoms with Gasteiger partial charge in [0.1, 0.15) is 6.42 Å². The van der Waals surface area contributed by atoms with Crippen LogP contribution in [0.1, 0.15) is 46.0 Å². The van der Waals surface area contributed by atoms with Crippen LogP contribution >= 0.6 is 0 Å². The first-order valence-electron chi connectivity index (χ1n) is 5.79. The van der Waals surface area contributed by atoms with Gasteiger partial charge in [-0.15, -0.1) is 0 Å². The zero-order valence-corrected chi connectivity index (χ0v) is 9.62. The molecule has 0 bridgehead atoms. The van der Waals surface area contributed by atoms with E-state index in [0.717, 1.165) is 18.8 Å². The number of carbonyl (C=O) groups is 1. The van der Waals surface area contributed by atoms with E-state index in [4.69, 9.17) is 5.26 Å². The zero-order valence-electron chi connectivity index (χ0n) is 9.62. The third kappa shape index (κ3) is 3.91. The molecule has 0 radical (unpaired) electrons. The molecule has 1 fully saturated rings. The molecule has 0 aromatic rings. The quantitative estimate of drug-likeness (QED) is 0.773. The maximum atomic E-state index is 11.3. The van der Waals surface area contributed by atoms with Crippen LogP contribution in [0.25, 0.3) is 0 Å². The van der Waals surface area contributed by atoms with E-state index >= 15 is 0 Å². The lowest BCUT2D eigenvalue weighted by Gasteiger charge is -2.31. The topological polar surface area (TPSA) is 52.9 Å². The van der Waals surface area contributed by atoms with Crippen molar-refractivity contribution >= 4 is 5.91 Å². The third-order valence-electron chi connectivity index (χ3n) is 3.26. The number of nitriles is 1. The largest absolute Gasteiger partial charge is 0.352 e. The van der Waals surface area contributed by atoms with Crippen LogP contribution in [0.5, 0.6) is 0 Å². The fourth-order valence-electron chi connectivity index (χ4n) is 2.31.